The van der Waals surface area contributed by atoms with Crippen molar-refractivity contribution in [3.8, 4) is 0 Å². The number of nitrogens with zero attached hydrogens (tertiary/aromatic N) is 2. The van der Waals surface area contributed by atoms with Crippen LogP contribution in [-0.4, -0.2) is 16.1 Å². The average Bonchev–Trinajstić information content (AvgIpc) is 2.90. The molecule has 0 saturated carbocycles. The van der Waals surface area contributed by atoms with Crippen molar-refractivity contribution in [3.63, 3.8) is 0 Å². The first-order valence-electron chi connectivity index (χ1n) is 6.15. The van der Waals surface area contributed by atoms with Gasteiger partial charge in [0.2, 0.25) is 0 Å². The van der Waals surface area contributed by atoms with Crippen molar-refractivity contribution < 1.29 is 4.39 Å². The van der Waals surface area contributed by atoms with Crippen LogP contribution < -0.4 is 5.32 Å². The van der Waals surface area contributed by atoms with Gasteiger partial charge in [-0.2, -0.15) is 0 Å². The molecule has 0 bridgehead atoms. The second kappa shape index (κ2) is 7.07. The normalized spacial score (nSPS) is 12.6. The lowest BCUT2D eigenvalue weighted by Crippen LogP contribution is -2.24. The smallest absolute Gasteiger partial charge is 0.124 e. The summed E-state index contributed by atoms with van der Waals surface area (Å²) >= 11 is 4.75. The Kier molecular flexibility index (Phi) is 5.42. The lowest BCUT2D eigenvalue weighted by Gasteiger charge is -2.17. The maximum Gasteiger partial charge on any atom is 0.124 e. The lowest BCUT2D eigenvalue weighted by atomic mass is 10.0. The van der Waals surface area contributed by atoms with Crippen LogP contribution in [0.4, 0.5) is 4.39 Å². The van der Waals surface area contributed by atoms with Crippen LogP contribution in [0.15, 0.2) is 28.1 Å². The van der Waals surface area contributed by atoms with E-state index < -0.39 is 0 Å². The number of rotatable bonds is 6. The zero-order chi connectivity index (χ0) is 13.7. The largest absolute Gasteiger partial charge is 0.308 e. The van der Waals surface area contributed by atoms with Gasteiger partial charge in [0.1, 0.15) is 5.82 Å². The van der Waals surface area contributed by atoms with E-state index in [2.05, 4.69) is 37.8 Å². The van der Waals surface area contributed by atoms with Crippen molar-refractivity contribution in [3.05, 3.63) is 45.1 Å². The fraction of sp³-hybridized carbons (Fsp3) is 0.385. The molecule has 1 aromatic carbocycles. The fourth-order valence-electron chi connectivity index (χ4n) is 1.83. The summed E-state index contributed by atoms with van der Waals surface area (Å²) in [6.07, 6.45) is 1.81. The molecule has 1 heterocycles. The molecule has 1 N–H and O–H groups in total. The molecule has 0 aliphatic carbocycles. The quantitative estimate of drug-likeness (QED) is 0.868. The van der Waals surface area contributed by atoms with Gasteiger partial charge in [0, 0.05) is 9.85 Å². The van der Waals surface area contributed by atoms with E-state index in [0.717, 1.165) is 35.1 Å². The van der Waals surface area contributed by atoms with Gasteiger partial charge in [-0.05, 0) is 48.6 Å². The van der Waals surface area contributed by atoms with E-state index in [9.17, 15) is 4.39 Å². The van der Waals surface area contributed by atoms with E-state index in [4.69, 9.17) is 0 Å². The topological polar surface area (TPSA) is 37.8 Å². The molecule has 0 amide bonds. The van der Waals surface area contributed by atoms with Crippen molar-refractivity contribution in [2.24, 2.45) is 0 Å². The SMILES string of the molecule is CCCNC(Cc1ccc(F)cc1Br)c1csnn1. The summed E-state index contributed by atoms with van der Waals surface area (Å²) in [4.78, 5) is 0. The highest BCUT2D eigenvalue weighted by Crippen LogP contribution is 2.24. The molecule has 3 nitrogen and oxygen atoms in total. The van der Waals surface area contributed by atoms with Gasteiger partial charge in [0.15, 0.2) is 0 Å². The Morgan fingerprint density at radius 2 is 2.32 bits per heavy atom. The number of hydrogen-bond acceptors (Lipinski definition) is 4. The minimum absolute atomic E-state index is 0.112. The highest BCUT2D eigenvalue weighted by Gasteiger charge is 2.16. The third kappa shape index (κ3) is 4.06. The average molecular weight is 344 g/mol. The highest BCUT2D eigenvalue weighted by molar-refractivity contribution is 9.10. The van der Waals surface area contributed by atoms with Gasteiger partial charge >= 0.3 is 0 Å². The minimum atomic E-state index is -0.232. The number of hydrogen-bond donors (Lipinski definition) is 1. The van der Waals surface area contributed by atoms with Crippen LogP contribution in [0.3, 0.4) is 0 Å². The Hall–Kier alpha value is -0.850. The van der Waals surface area contributed by atoms with Gasteiger partial charge in [-0.1, -0.05) is 33.4 Å². The summed E-state index contributed by atoms with van der Waals surface area (Å²) in [7, 11) is 0. The first kappa shape index (κ1) is 14.6. The van der Waals surface area contributed by atoms with Crippen LogP contribution in [0.25, 0.3) is 0 Å². The Bertz CT molecular complexity index is 519. The molecular formula is C13H15BrFN3S. The summed E-state index contributed by atoms with van der Waals surface area (Å²) in [6, 6.07) is 4.89. The molecule has 6 heteroatoms. The Labute approximate surface area is 124 Å². The van der Waals surface area contributed by atoms with E-state index in [1.165, 1.54) is 23.7 Å². The van der Waals surface area contributed by atoms with Crippen molar-refractivity contribution in [2.45, 2.75) is 25.8 Å². The van der Waals surface area contributed by atoms with Crippen molar-refractivity contribution in [1.82, 2.24) is 14.9 Å². The van der Waals surface area contributed by atoms with Crippen LogP contribution in [0.1, 0.15) is 30.6 Å². The summed E-state index contributed by atoms with van der Waals surface area (Å²) in [5, 5.41) is 9.53. The molecule has 0 aliphatic heterocycles. The standard InChI is InChI=1S/C13H15BrFN3S/c1-2-5-16-12(13-8-19-18-17-13)6-9-3-4-10(15)7-11(9)14/h3-4,7-8,12,16H,2,5-6H2,1H3. The highest BCUT2D eigenvalue weighted by atomic mass is 79.9. The van der Waals surface area contributed by atoms with E-state index >= 15 is 0 Å². The molecule has 0 aliphatic rings. The predicted octanol–water partition coefficient (Wildman–Crippen LogP) is 3.72. The number of benzene rings is 1. The zero-order valence-electron chi connectivity index (χ0n) is 10.6. The summed E-state index contributed by atoms with van der Waals surface area (Å²) in [6.45, 7) is 3.04. The van der Waals surface area contributed by atoms with E-state index in [0.29, 0.717) is 0 Å². The number of halogens is 2. The Balaban J connectivity index is 2.15. The molecule has 0 saturated heterocycles. The Morgan fingerprint density at radius 1 is 1.47 bits per heavy atom. The van der Waals surface area contributed by atoms with Crippen molar-refractivity contribution in [2.75, 3.05) is 6.54 Å². The minimum Gasteiger partial charge on any atom is -0.308 e. The molecule has 0 spiro atoms. The predicted molar refractivity (Wildman–Crippen MR) is 78.7 cm³/mol. The van der Waals surface area contributed by atoms with E-state index in [1.807, 2.05) is 5.38 Å². The second-order valence-corrected chi connectivity index (χ2v) is 5.74. The second-order valence-electron chi connectivity index (χ2n) is 4.28. The van der Waals surface area contributed by atoms with Crippen LogP contribution >= 0.6 is 27.5 Å². The van der Waals surface area contributed by atoms with Crippen LogP contribution in [0.5, 0.6) is 0 Å². The maximum atomic E-state index is 13.1. The molecule has 19 heavy (non-hydrogen) atoms. The molecule has 102 valence electrons. The molecule has 0 fully saturated rings. The molecule has 2 aromatic rings. The van der Waals surface area contributed by atoms with Gasteiger partial charge in [0.25, 0.3) is 0 Å². The van der Waals surface area contributed by atoms with E-state index in [-0.39, 0.29) is 11.9 Å². The van der Waals surface area contributed by atoms with Crippen LogP contribution in [-0.2, 0) is 6.42 Å². The molecule has 1 atom stereocenters. The van der Waals surface area contributed by atoms with Gasteiger partial charge in [-0.25, -0.2) is 4.39 Å². The van der Waals surface area contributed by atoms with Gasteiger partial charge < -0.3 is 5.32 Å². The van der Waals surface area contributed by atoms with Crippen molar-refractivity contribution >= 4 is 27.5 Å². The van der Waals surface area contributed by atoms with Gasteiger partial charge in [0.05, 0.1) is 11.7 Å². The summed E-state index contributed by atoms with van der Waals surface area (Å²) < 4.78 is 17.8. The molecular weight excluding hydrogens is 329 g/mol. The molecule has 0 radical (unpaired) electrons. The lowest BCUT2D eigenvalue weighted by molar-refractivity contribution is 0.515. The first-order chi connectivity index (χ1) is 9.20. The molecule has 1 aromatic heterocycles. The number of nitrogens with one attached hydrogen (secondary N) is 1. The van der Waals surface area contributed by atoms with Gasteiger partial charge in [-0.3, -0.25) is 0 Å². The Morgan fingerprint density at radius 3 is 2.95 bits per heavy atom. The van der Waals surface area contributed by atoms with Crippen LogP contribution in [0, 0.1) is 5.82 Å². The zero-order valence-corrected chi connectivity index (χ0v) is 13.0. The molecule has 2 rings (SSSR count). The summed E-state index contributed by atoms with van der Waals surface area (Å²) in [5.74, 6) is -0.232. The summed E-state index contributed by atoms with van der Waals surface area (Å²) in [5.41, 5.74) is 2.00. The van der Waals surface area contributed by atoms with Gasteiger partial charge in [-0.15, -0.1) is 5.10 Å². The molecule has 1 unspecified atom stereocenters. The van der Waals surface area contributed by atoms with Crippen LogP contribution in [0.2, 0.25) is 0 Å². The monoisotopic (exact) mass is 343 g/mol. The number of aromatic nitrogens is 2. The van der Waals surface area contributed by atoms with E-state index in [1.54, 1.807) is 6.07 Å². The first-order valence-corrected chi connectivity index (χ1v) is 7.78. The third-order valence-corrected chi connectivity index (χ3v) is 4.07. The maximum absolute atomic E-state index is 13.1. The fourth-order valence-corrected chi connectivity index (χ4v) is 2.85. The van der Waals surface area contributed by atoms with Crippen molar-refractivity contribution in [1.29, 1.82) is 0 Å². The third-order valence-electron chi connectivity index (χ3n) is 2.81.